The molecule has 1 spiro atoms. The normalized spacial score (nSPS) is 33.2. The van der Waals surface area contributed by atoms with Crippen LogP contribution in [-0.4, -0.2) is 87.1 Å². The van der Waals surface area contributed by atoms with Crippen molar-refractivity contribution in [1.82, 2.24) is 14.7 Å². The smallest absolute Gasteiger partial charge is 0.249 e. The first-order valence-electron chi connectivity index (χ1n) is 15.0. The maximum absolute atomic E-state index is 14.5. The number of hydrogen-bond donors (Lipinski definition) is 1. The standard InChI is InChI=1S/C32H41N3O5/c1-21(2)24(20-36)35-28-31(39)34(23-13-7-4-8-14-23)18-10-16-32(28)27(30(35)38)26-25(40-32)15-9-17-33(29(26)37)19-22-11-5-3-6-12-22/h3,5-6,9-12,15-16,21,23-28,36H,4,7-8,13-14,17-20H2,1-2H3/t24-,25+,26-,27-,28?,32-/m0/s1. The van der Waals surface area contributed by atoms with Gasteiger partial charge < -0.3 is 24.5 Å². The van der Waals surface area contributed by atoms with Crippen molar-refractivity contribution in [2.24, 2.45) is 17.8 Å². The molecule has 8 nitrogen and oxygen atoms in total. The van der Waals surface area contributed by atoms with Gasteiger partial charge in [-0.3, -0.25) is 14.4 Å². The fourth-order valence-electron chi connectivity index (χ4n) is 7.79. The maximum Gasteiger partial charge on any atom is 0.249 e. The van der Waals surface area contributed by atoms with Crippen LogP contribution in [-0.2, 0) is 25.7 Å². The minimum absolute atomic E-state index is 0.0805. The number of benzene rings is 1. The third kappa shape index (κ3) is 4.31. The Labute approximate surface area is 236 Å². The van der Waals surface area contributed by atoms with E-state index >= 15 is 0 Å². The SMILES string of the molecule is CC(C)[C@H](CO)N1C(=O)[C@@H]2[C@H]3C(=O)N(Cc4ccccc4)CC=C[C@H]3O[C@@]23C=CCN(C2CCCCC2)C(=O)C13. The summed E-state index contributed by atoms with van der Waals surface area (Å²) in [6, 6.07) is 8.49. The molecule has 1 N–H and O–H groups in total. The topological polar surface area (TPSA) is 90.4 Å². The minimum Gasteiger partial charge on any atom is -0.394 e. The van der Waals surface area contributed by atoms with Gasteiger partial charge >= 0.3 is 0 Å². The highest BCUT2D eigenvalue weighted by atomic mass is 16.5. The lowest BCUT2D eigenvalue weighted by molar-refractivity contribution is -0.154. The van der Waals surface area contributed by atoms with Crippen molar-refractivity contribution in [2.75, 3.05) is 19.7 Å². The van der Waals surface area contributed by atoms with Gasteiger partial charge in [-0.25, -0.2) is 0 Å². The van der Waals surface area contributed by atoms with Crippen LogP contribution in [0.1, 0.15) is 51.5 Å². The van der Waals surface area contributed by atoms with Gasteiger partial charge in [-0.2, -0.15) is 0 Å². The number of aliphatic hydroxyl groups excluding tert-OH is 1. The number of ether oxygens (including phenoxy) is 1. The molecule has 6 atom stereocenters. The quantitative estimate of drug-likeness (QED) is 0.554. The Morgan fingerprint density at radius 2 is 1.73 bits per heavy atom. The van der Waals surface area contributed by atoms with E-state index in [0.29, 0.717) is 19.6 Å². The van der Waals surface area contributed by atoms with E-state index in [9.17, 15) is 19.5 Å². The molecule has 0 radical (unpaired) electrons. The number of likely N-dealkylation sites (tertiary alicyclic amines) is 1. The number of nitrogens with zero attached hydrogens (tertiary/aromatic N) is 3. The third-order valence-electron chi connectivity index (χ3n) is 9.76. The molecule has 5 aliphatic rings. The van der Waals surface area contributed by atoms with E-state index in [2.05, 4.69) is 0 Å². The monoisotopic (exact) mass is 547 g/mol. The van der Waals surface area contributed by atoms with Crippen molar-refractivity contribution < 1.29 is 24.2 Å². The Morgan fingerprint density at radius 1 is 0.975 bits per heavy atom. The molecule has 40 heavy (non-hydrogen) atoms. The molecule has 2 saturated heterocycles. The summed E-state index contributed by atoms with van der Waals surface area (Å²) in [4.78, 5) is 48.6. The molecule has 1 aromatic carbocycles. The van der Waals surface area contributed by atoms with E-state index in [4.69, 9.17) is 4.74 Å². The fraction of sp³-hybridized carbons (Fsp3) is 0.594. The molecule has 1 saturated carbocycles. The number of carbonyl (C=O) groups excluding carboxylic acids is 3. The predicted molar refractivity (Wildman–Crippen MR) is 150 cm³/mol. The average molecular weight is 548 g/mol. The van der Waals surface area contributed by atoms with E-state index in [1.54, 1.807) is 9.80 Å². The molecule has 0 bridgehead atoms. The van der Waals surface area contributed by atoms with Gasteiger partial charge in [-0.15, -0.1) is 0 Å². The Morgan fingerprint density at radius 3 is 2.42 bits per heavy atom. The van der Waals surface area contributed by atoms with Gasteiger partial charge in [-0.05, 0) is 24.3 Å². The van der Waals surface area contributed by atoms with Crippen LogP contribution in [0.25, 0.3) is 0 Å². The van der Waals surface area contributed by atoms with Gasteiger partial charge in [0.05, 0.1) is 30.6 Å². The first kappa shape index (κ1) is 27.2. The zero-order valence-electron chi connectivity index (χ0n) is 23.5. The highest BCUT2D eigenvalue weighted by Gasteiger charge is 2.72. The van der Waals surface area contributed by atoms with Gasteiger partial charge in [-0.1, -0.05) is 87.7 Å². The van der Waals surface area contributed by atoms with Crippen molar-refractivity contribution in [2.45, 2.75) is 82.3 Å². The molecule has 1 unspecified atom stereocenters. The van der Waals surface area contributed by atoms with E-state index in [1.807, 2.05) is 73.4 Å². The molecule has 3 amide bonds. The zero-order chi connectivity index (χ0) is 28.0. The summed E-state index contributed by atoms with van der Waals surface area (Å²) in [7, 11) is 0. The molecule has 1 aliphatic carbocycles. The van der Waals surface area contributed by atoms with Crippen molar-refractivity contribution in [3.63, 3.8) is 0 Å². The lowest BCUT2D eigenvalue weighted by Crippen LogP contribution is -2.60. The molecule has 4 heterocycles. The van der Waals surface area contributed by atoms with E-state index in [0.717, 1.165) is 31.2 Å². The first-order valence-corrected chi connectivity index (χ1v) is 15.0. The highest BCUT2D eigenvalue weighted by Crippen LogP contribution is 2.54. The zero-order valence-corrected chi connectivity index (χ0v) is 23.5. The summed E-state index contributed by atoms with van der Waals surface area (Å²) in [5, 5.41) is 10.5. The van der Waals surface area contributed by atoms with Gasteiger partial charge in [0.15, 0.2) is 0 Å². The van der Waals surface area contributed by atoms with Crippen LogP contribution in [0.2, 0.25) is 0 Å². The number of rotatable bonds is 6. The van der Waals surface area contributed by atoms with Crippen LogP contribution < -0.4 is 0 Å². The van der Waals surface area contributed by atoms with Crippen LogP contribution >= 0.6 is 0 Å². The summed E-state index contributed by atoms with van der Waals surface area (Å²) in [6.07, 6.45) is 12.4. The minimum atomic E-state index is -1.26. The van der Waals surface area contributed by atoms with Gasteiger partial charge in [0.25, 0.3) is 0 Å². The van der Waals surface area contributed by atoms with Gasteiger partial charge in [0, 0.05) is 25.7 Å². The Bertz CT molecular complexity index is 1190. The maximum atomic E-state index is 14.5. The molecule has 3 fully saturated rings. The van der Waals surface area contributed by atoms with E-state index < -0.39 is 35.6 Å². The lowest BCUT2D eigenvalue weighted by Gasteiger charge is -2.42. The second kappa shape index (κ2) is 10.8. The number of carbonyl (C=O) groups is 3. The van der Waals surface area contributed by atoms with Crippen molar-refractivity contribution in [3.05, 3.63) is 60.2 Å². The first-order chi connectivity index (χ1) is 19.4. The predicted octanol–water partition coefficient (Wildman–Crippen LogP) is 2.91. The number of amides is 3. The average Bonchev–Trinajstić information content (AvgIpc) is 3.27. The molecular formula is C32H41N3O5. The van der Waals surface area contributed by atoms with E-state index in [-0.39, 0.29) is 36.3 Å². The lowest BCUT2D eigenvalue weighted by atomic mass is 9.77. The van der Waals surface area contributed by atoms with Crippen molar-refractivity contribution in [1.29, 1.82) is 0 Å². The van der Waals surface area contributed by atoms with Crippen LogP contribution in [0.3, 0.4) is 0 Å². The van der Waals surface area contributed by atoms with Crippen LogP contribution in [0.5, 0.6) is 0 Å². The largest absolute Gasteiger partial charge is 0.394 e. The molecule has 4 aliphatic heterocycles. The molecule has 8 heteroatoms. The summed E-state index contributed by atoms with van der Waals surface area (Å²) >= 11 is 0. The van der Waals surface area contributed by atoms with E-state index in [1.165, 1.54) is 6.42 Å². The fourth-order valence-corrected chi connectivity index (χ4v) is 7.79. The molecule has 6 rings (SSSR count). The third-order valence-corrected chi connectivity index (χ3v) is 9.76. The Balaban J connectivity index is 1.41. The second-order valence-electron chi connectivity index (χ2n) is 12.4. The van der Waals surface area contributed by atoms with Gasteiger partial charge in [0.1, 0.15) is 11.6 Å². The molecule has 0 aromatic heterocycles. The van der Waals surface area contributed by atoms with Crippen LogP contribution in [0.15, 0.2) is 54.6 Å². The van der Waals surface area contributed by atoms with Crippen molar-refractivity contribution >= 4 is 17.7 Å². The highest BCUT2D eigenvalue weighted by molar-refractivity contribution is 6.00. The summed E-state index contributed by atoms with van der Waals surface area (Å²) in [5.41, 5.74) is -0.244. The molecular weight excluding hydrogens is 506 g/mol. The Kier molecular flexibility index (Phi) is 7.34. The summed E-state index contributed by atoms with van der Waals surface area (Å²) in [6.45, 7) is 4.98. The second-order valence-corrected chi connectivity index (χ2v) is 12.4. The Hall–Kier alpha value is -2.97. The number of hydrogen-bond acceptors (Lipinski definition) is 5. The van der Waals surface area contributed by atoms with Gasteiger partial charge in [0.2, 0.25) is 17.7 Å². The van der Waals surface area contributed by atoms with Crippen LogP contribution in [0.4, 0.5) is 0 Å². The molecule has 214 valence electrons. The van der Waals surface area contributed by atoms with Crippen molar-refractivity contribution in [3.8, 4) is 0 Å². The summed E-state index contributed by atoms with van der Waals surface area (Å²) in [5.74, 6) is -2.18. The summed E-state index contributed by atoms with van der Waals surface area (Å²) < 4.78 is 6.78. The van der Waals surface area contributed by atoms with Crippen LogP contribution in [0, 0.1) is 17.8 Å². The number of fused-ring (bicyclic) bond motifs is 2. The number of aliphatic hydroxyl groups is 1. The molecule has 1 aromatic rings.